The Morgan fingerprint density at radius 2 is 1.76 bits per heavy atom. The minimum Gasteiger partial charge on any atom is -0.465 e. The maximum atomic E-state index is 15.4. The number of nitrogens with zero attached hydrogens (tertiary/aromatic N) is 2. The third-order valence-corrected chi connectivity index (χ3v) is 6.56. The molecule has 0 saturated heterocycles. The van der Waals surface area contributed by atoms with Crippen molar-refractivity contribution in [2.45, 2.75) is 57.2 Å². The first-order valence-electron chi connectivity index (χ1n) is 12.4. The monoisotopic (exact) mass is 521 g/mol. The van der Waals surface area contributed by atoms with E-state index in [4.69, 9.17) is 5.73 Å². The van der Waals surface area contributed by atoms with Gasteiger partial charge in [0.1, 0.15) is 5.82 Å². The number of rotatable bonds is 8. The lowest BCUT2D eigenvalue weighted by Gasteiger charge is -2.32. The van der Waals surface area contributed by atoms with E-state index < -0.39 is 29.4 Å². The number of hydrogen-bond donors (Lipinski definition) is 6. The maximum absolute atomic E-state index is 15.4. The van der Waals surface area contributed by atoms with Gasteiger partial charge in [-0.1, -0.05) is 43.2 Å². The van der Waals surface area contributed by atoms with E-state index in [9.17, 15) is 14.7 Å². The minimum absolute atomic E-state index is 0.0108. The molecule has 200 valence electrons. The van der Waals surface area contributed by atoms with Crippen LogP contribution in [0.25, 0.3) is 0 Å². The fourth-order valence-electron chi connectivity index (χ4n) is 4.61. The molecule has 0 bridgehead atoms. The summed E-state index contributed by atoms with van der Waals surface area (Å²) in [7, 11) is 0. The quantitative estimate of drug-likeness (QED) is 0.251. The molecule has 0 radical (unpaired) electrons. The third-order valence-electron chi connectivity index (χ3n) is 6.56. The molecule has 3 aromatic rings. The van der Waals surface area contributed by atoms with E-state index >= 15 is 4.39 Å². The fraction of sp³-hybridized carbons (Fsp3) is 0.333. The van der Waals surface area contributed by atoms with Crippen LogP contribution < -0.4 is 27.0 Å². The second-order valence-corrected chi connectivity index (χ2v) is 9.88. The Morgan fingerprint density at radius 1 is 1.05 bits per heavy atom. The zero-order valence-electron chi connectivity index (χ0n) is 21.3. The van der Waals surface area contributed by atoms with Crippen LogP contribution in [-0.4, -0.2) is 39.2 Å². The molecular weight excluding hydrogens is 489 g/mol. The number of nitrogens with two attached hydrogens (primary N) is 1. The highest BCUT2D eigenvalue weighted by Gasteiger charge is 2.30. The number of carbonyl (C=O) groups excluding carboxylic acids is 1. The second-order valence-electron chi connectivity index (χ2n) is 9.88. The van der Waals surface area contributed by atoms with Gasteiger partial charge in [-0.2, -0.15) is 0 Å². The number of amides is 2. The molecule has 0 unspecified atom stereocenters. The van der Waals surface area contributed by atoms with Crippen molar-refractivity contribution in [1.29, 1.82) is 0 Å². The first-order valence-corrected chi connectivity index (χ1v) is 12.4. The number of benzene rings is 1. The molecule has 0 spiro atoms. The molecule has 10 nitrogen and oxygen atoms in total. The summed E-state index contributed by atoms with van der Waals surface area (Å²) in [4.78, 5) is 33.2. The van der Waals surface area contributed by atoms with Crippen LogP contribution in [0.1, 0.15) is 55.5 Å². The van der Waals surface area contributed by atoms with Crippen molar-refractivity contribution >= 4 is 35.0 Å². The summed E-state index contributed by atoms with van der Waals surface area (Å²) in [5, 5.41) is 20.8. The van der Waals surface area contributed by atoms with Crippen LogP contribution in [-0.2, 0) is 5.54 Å². The summed E-state index contributed by atoms with van der Waals surface area (Å²) in [6, 6.07) is 11.4. The SMILES string of the molecule is CC(C)(NC(=O)c1cc(F)c(N[C@H]2CCCC[C@H]2NC(=O)O)nc1Nc1cncc(N)c1)c1ccccc1. The van der Waals surface area contributed by atoms with Crippen LogP contribution in [0, 0.1) is 5.82 Å². The topological polar surface area (TPSA) is 154 Å². The number of hydrogen-bond acceptors (Lipinski definition) is 7. The van der Waals surface area contributed by atoms with E-state index in [0.29, 0.717) is 24.2 Å². The van der Waals surface area contributed by atoms with Crippen molar-refractivity contribution in [1.82, 2.24) is 20.6 Å². The van der Waals surface area contributed by atoms with Crippen LogP contribution >= 0.6 is 0 Å². The van der Waals surface area contributed by atoms with Crippen molar-refractivity contribution in [2.24, 2.45) is 0 Å². The number of pyridine rings is 2. The zero-order chi connectivity index (χ0) is 27.3. The highest BCUT2D eigenvalue weighted by Crippen LogP contribution is 2.29. The lowest BCUT2D eigenvalue weighted by molar-refractivity contribution is 0.0912. The Morgan fingerprint density at radius 3 is 2.45 bits per heavy atom. The molecule has 1 fully saturated rings. The standard InChI is InChI=1S/C27H32FN7O3/c1-27(2,16-8-4-3-5-9-16)35-25(36)19-13-20(28)24(32-21-10-6-7-11-22(21)33-26(37)38)34-23(19)31-18-12-17(29)14-30-15-18/h3-5,8-9,12-15,21-22,33H,6-7,10-11,29H2,1-2H3,(H,35,36)(H,37,38)(H2,31,32,34)/t21-,22+/m0/s1. The number of nitrogens with one attached hydrogen (secondary N) is 4. The Balaban J connectivity index is 1.67. The van der Waals surface area contributed by atoms with E-state index in [2.05, 4.69) is 31.2 Å². The lowest BCUT2D eigenvalue weighted by Crippen LogP contribution is -2.48. The van der Waals surface area contributed by atoms with Gasteiger partial charge in [0, 0.05) is 12.2 Å². The van der Waals surface area contributed by atoms with Crippen LogP contribution in [0.5, 0.6) is 0 Å². The van der Waals surface area contributed by atoms with Crippen LogP contribution in [0.15, 0.2) is 54.9 Å². The minimum atomic E-state index is -1.14. The highest BCUT2D eigenvalue weighted by molar-refractivity contribution is 6.00. The summed E-state index contributed by atoms with van der Waals surface area (Å²) in [5.41, 5.74) is 6.85. The predicted molar refractivity (Wildman–Crippen MR) is 144 cm³/mol. The van der Waals surface area contributed by atoms with Gasteiger partial charge in [-0.15, -0.1) is 0 Å². The van der Waals surface area contributed by atoms with E-state index in [1.54, 1.807) is 6.07 Å². The predicted octanol–water partition coefficient (Wildman–Crippen LogP) is 4.60. The molecule has 38 heavy (non-hydrogen) atoms. The Hall–Kier alpha value is -4.41. The molecule has 1 saturated carbocycles. The number of nitrogen functional groups attached to an aromatic ring is 1. The molecule has 2 amide bonds. The molecule has 2 heterocycles. The van der Waals surface area contributed by atoms with Crippen molar-refractivity contribution < 1.29 is 19.1 Å². The third kappa shape index (κ3) is 6.47. The van der Waals surface area contributed by atoms with Crippen molar-refractivity contribution in [3.05, 3.63) is 71.8 Å². The second kappa shape index (κ2) is 11.3. The maximum Gasteiger partial charge on any atom is 0.404 e. The first kappa shape index (κ1) is 26.6. The average Bonchev–Trinajstić information content (AvgIpc) is 2.87. The first-order chi connectivity index (χ1) is 18.1. The van der Waals surface area contributed by atoms with Gasteiger partial charge in [-0.3, -0.25) is 9.78 Å². The van der Waals surface area contributed by atoms with Gasteiger partial charge in [0.15, 0.2) is 11.6 Å². The van der Waals surface area contributed by atoms with Crippen molar-refractivity contribution in [3.8, 4) is 0 Å². The lowest BCUT2D eigenvalue weighted by atomic mass is 9.90. The van der Waals surface area contributed by atoms with E-state index in [1.807, 2.05) is 44.2 Å². The van der Waals surface area contributed by atoms with Crippen molar-refractivity contribution in [2.75, 3.05) is 16.4 Å². The van der Waals surface area contributed by atoms with Gasteiger partial charge < -0.3 is 32.1 Å². The molecule has 11 heteroatoms. The molecule has 4 rings (SSSR count). The Labute approximate surface area is 220 Å². The summed E-state index contributed by atoms with van der Waals surface area (Å²) in [6.45, 7) is 3.71. The van der Waals surface area contributed by atoms with E-state index in [-0.39, 0.29) is 23.2 Å². The zero-order valence-corrected chi connectivity index (χ0v) is 21.3. The van der Waals surface area contributed by atoms with Crippen LogP contribution in [0.3, 0.4) is 0 Å². The van der Waals surface area contributed by atoms with Gasteiger partial charge in [0.2, 0.25) is 0 Å². The number of anilines is 4. The summed E-state index contributed by atoms with van der Waals surface area (Å²) >= 11 is 0. The summed E-state index contributed by atoms with van der Waals surface area (Å²) in [5.74, 6) is -1.25. The Bertz CT molecular complexity index is 1300. The number of aromatic nitrogens is 2. The van der Waals surface area contributed by atoms with E-state index in [0.717, 1.165) is 24.5 Å². The number of carboxylic acid groups (broad SMARTS) is 1. The molecule has 2 aromatic heterocycles. The van der Waals surface area contributed by atoms with Gasteiger partial charge in [-0.25, -0.2) is 14.2 Å². The van der Waals surface area contributed by atoms with Crippen molar-refractivity contribution in [3.63, 3.8) is 0 Å². The number of halogens is 1. The van der Waals surface area contributed by atoms with Crippen LogP contribution in [0.2, 0.25) is 0 Å². The van der Waals surface area contributed by atoms with Gasteiger partial charge in [0.05, 0.1) is 34.7 Å². The van der Waals surface area contributed by atoms with Gasteiger partial charge in [0.25, 0.3) is 5.91 Å². The highest BCUT2D eigenvalue weighted by atomic mass is 19.1. The largest absolute Gasteiger partial charge is 0.465 e. The molecule has 7 N–H and O–H groups in total. The molecule has 1 aromatic carbocycles. The van der Waals surface area contributed by atoms with E-state index in [1.165, 1.54) is 12.4 Å². The Kier molecular flexibility index (Phi) is 7.94. The molecule has 1 aliphatic rings. The molecule has 1 aliphatic carbocycles. The molecule has 2 atom stereocenters. The van der Waals surface area contributed by atoms with Gasteiger partial charge >= 0.3 is 6.09 Å². The summed E-state index contributed by atoms with van der Waals surface area (Å²) in [6.07, 6.45) is 4.85. The normalized spacial score (nSPS) is 17.3. The molecular formula is C27H32FN7O3. The fourth-order valence-corrected chi connectivity index (χ4v) is 4.61. The van der Waals surface area contributed by atoms with Crippen LogP contribution in [0.4, 0.5) is 32.2 Å². The smallest absolute Gasteiger partial charge is 0.404 e. The van der Waals surface area contributed by atoms with Gasteiger partial charge in [-0.05, 0) is 44.4 Å². The number of carbonyl (C=O) groups is 2. The summed E-state index contributed by atoms with van der Waals surface area (Å²) < 4.78 is 15.4. The molecule has 0 aliphatic heterocycles. The average molecular weight is 522 g/mol.